The highest BCUT2D eigenvalue weighted by atomic mass is 16.1. The van der Waals surface area contributed by atoms with Gasteiger partial charge in [0.25, 0.3) is 0 Å². The molecule has 0 amide bonds. The largest absolute Gasteiger partial charge is 0.329 e. The molecule has 0 bridgehead atoms. The molecule has 5 nitrogen and oxygen atoms in total. The van der Waals surface area contributed by atoms with Crippen molar-refractivity contribution < 1.29 is 4.79 Å². The summed E-state index contributed by atoms with van der Waals surface area (Å²) in [6, 6.07) is 0. The number of ketones is 1. The summed E-state index contributed by atoms with van der Waals surface area (Å²) in [5.41, 5.74) is 5.90. The van der Waals surface area contributed by atoms with Crippen molar-refractivity contribution in [2.75, 3.05) is 13.1 Å². The van der Waals surface area contributed by atoms with Crippen LogP contribution in [-0.2, 0) is 4.79 Å². The Kier molecular flexibility index (Phi) is 3.07. The van der Waals surface area contributed by atoms with Gasteiger partial charge in [-0.05, 0) is 6.92 Å². The van der Waals surface area contributed by atoms with Gasteiger partial charge in [0.15, 0.2) is 11.9 Å². The number of rotatable bonds is 3. The van der Waals surface area contributed by atoms with Gasteiger partial charge in [-0.2, -0.15) is 10.2 Å². The fourth-order valence-electron chi connectivity index (χ4n) is 0.881. The van der Waals surface area contributed by atoms with Crippen molar-refractivity contribution in [2.24, 2.45) is 16.0 Å². The number of nitrogens with two attached hydrogens (primary N) is 1. The molecule has 0 spiro atoms. The highest BCUT2D eigenvalue weighted by Crippen LogP contribution is 2.06. The molecule has 0 aromatic carbocycles. The molecule has 0 radical (unpaired) electrons. The molecule has 0 aliphatic carbocycles. The molecule has 1 rings (SSSR count). The first-order valence-corrected chi connectivity index (χ1v) is 3.80. The molecule has 1 atom stereocenters. The van der Waals surface area contributed by atoms with Crippen molar-refractivity contribution in [3.8, 4) is 0 Å². The summed E-state index contributed by atoms with van der Waals surface area (Å²) >= 11 is 0. The van der Waals surface area contributed by atoms with Gasteiger partial charge in [0.2, 0.25) is 0 Å². The lowest BCUT2D eigenvalue weighted by atomic mass is 10.2. The normalized spacial score (nSPS) is 22.7. The Bertz CT molecular complexity index is 234. The number of carbonyl (C=O) groups excluding carboxylic acids is 1. The molecule has 1 aliphatic heterocycles. The van der Waals surface area contributed by atoms with Crippen molar-refractivity contribution in [1.29, 1.82) is 0 Å². The summed E-state index contributed by atoms with van der Waals surface area (Å²) < 4.78 is 0. The second-order valence-corrected chi connectivity index (χ2v) is 2.55. The quantitative estimate of drug-likeness (QED) is 0.612. The number of allylic oxidation sites excluding steroid dienone is 1. The average molecular weight is 168 g/mol. The number of nitrogens with one attached hydrogen (secondary N) is 1. The van der Waals surface area contributed by atoms with Crippen LogP contribution in [0.4, 0.5) is 0 Å². The summed E-state index contributed by atoms with van der Waals surface area (Å²) in [7, 11) is 0. The van der Waals surface area contributed by atoms with Crippen LogP contribution in [0.2, 0.25) is 0 Å². The van der Waals surface area contributed by atoms with Gasteiger partial charge in [0, 0.05) is 19.2 Å². The number of carbonyl (C=O) groups is 1. The lowest BCUT2D eigenvalue weighted by Gasteiger charge is -2.12. The van der Waals surface area contributed by atoms with Crippen LogP contribution in [-0.4, -0.2) is 25.0 Å². The van der Waals surface area contributed by atoms with Gasteiger partial charge in [0.05, 0.1) is 5.70 Å². The fraction of sp³-hybridized carbons (Fsp3) is 0.571. The topological polar surface area (TPSA) is 79.8 Å². The van der Waals surface area contributed by atoms with Gasteiger partial charge in [-0.1, -0.05) is 0 Å². The van der Waals surface area contributed by atoms with E-state index in [2.05, 4.69) is 15.5 Å². The average Bonchev–Trinajstić information content (AvgIpc) is 2.03. The molecular formula is C7H12N4O. The molecule has 0 aromatic heterocycles. The zero-order chi connectivity index (χ0) is 8.97. The minimum atomic E-state index is -0.530. The summed E-state index contributed by atoms with van der Waals surface area (Å²) in [6.45, 7) is 2.80. The van der Waals surface area contributed by atoms with Gasteiger partial charge in [-0.15, -0.1) is 0 Å². The van der Waals surface area contributed by atoms with E-state index in [1.54, 1.807) is 6.92 Å². The molecule has 0 fully saturated rings. The Morgan fingerprint density at radius 1 is 1.75 bits per heavy atom. The summed E-state index contributed by atoms with van der Waals surface area (Å²) in [4.78, 5) is 11.2. The molecule has 3 N–H and O–H groups in total. The highest BCUT2D eigenvalue weighted by Gasteiger charge is 2.17. The summed E-state index contributed by atoms with van der Waals surface area (Å²) in [6.07, 6.45) is 0.943. The monoisotopic (exact) mass is 168 g/mol. The van der Waals surface area contributed by atoms with Crippen molar-refractivity contribution >= 4 is 5.78 Å². The lowest BCUT2D eigenvalue weighted by Crippen LogP contribution is -2.38. The van der Waals surface area contributed by atoms with E-state index in [0.29, 0.717) is 18.8 Å². The van der Waals surface area contributed by atoms with Crippen LogP contribution in [0.15, 0.2) is 22.0 Å². The van der Waals surface area contributed by atoms with Crippen LogP contribution in [0.25, 0.3) is 0 Å². The predicted octanol–water partition coefficient (Wildman–Crippen LogP) is -0.200. The maximum Gasteiger partial charge on any atom is 0.198 e. The molecule has 5 heteroatoms. The van der Waals surface area contributed by atoms with Crippen LogP contribution in [0, 0.1) is 0 Å². The zero-order valence-corrected chi connectivity index (χ0v) is 6.95. The first kappa shape index (κ1) is 9.02. The van der Waals surface area contributed by atoms with Crippen LogP contribution >= 0.6 is 0 Å². The molecule has 1 heterocycles. The molecular weight excluding hydrogens is 156 g/mol. The number of nitrogens with zero attached hydrogens (tertiary/aromatic N) is 2. The Labute approximate surface area is 70.7 Å². The maximum absolute atomic E-state index is 11.2. The molecule has 1 unspecified atom stereocenters. The van der Waals surface area contributed by atoms with Gasteiger partial charge < -0.3 is 5.73 Å². The third kappa shape index (κ3) is 2.21. The fourth-order valence-corrected chi connectivity index (χ4v) is 0.881. The Morgan fingerprint density at radius 3 is 3.08 bits per heavy atom. The van der Waals surface area contributed by atoms with Gasteiger partial charge in [-0.3, -0.25) is 10.1 Å². The molecule has 0 saturated carbocycles. The highest BCUT2D eigenvalue weighted by molar-refractivity contribution is 5.95. The molecule has 0 aromatic rings. The van der Waals surface area contributed by atoms with Gasteiger partial charge in [-0.25, -0.2) is 0 Å². The van der Waals surface area contributed by atoms with Gasteiger partial charge >= 0.3 is 0 Å². The molecule has 1 aliphatic rings. The van der Waals surface area contributed by atoms with E-state index in [9.17, 15) is 4.79 Å². The summed E-state index contributed by atoms with van der Waals surface area (Å²) in [5, 5.41) is 10.4. The first-order valence-electron chi connectivity index (χ1n) is 3.80. The van der Waals surface area contributed by atoms with Crippen LogP contribution in [0.1, 0.15) is 6.92 Å². The standard InChI is InChI=1S/C7H12N4O/c1-5-4-6(12)7(11-10-5)9-3-2-8/h4,7,9H,2-3,8H2,1H3. The Balaban J connectivity index is 2.49. The molecule has 66 valence electrons. The van der Waals surface area contributed by atoms with E-state index < -0.39 is 6.17 Å². The van der Waals surface area contributed by atoms with Crippen molar-refractivity contribution in [3.05, 3.63) is 11.8 Å². The van der Waals surface area contributed by atoms with Crippen LogP contribution in [0.5, 0.6) is 0 Å². The maximum atomic E-state index is 11.2. The molecule has 0 saturated heterocycles. The second-order valence-electron chi connectivity index (χ2n) is 2.55. The third-order valence-electron chi connectivity index (χ3n) is 1.43. The van der Waals surface area contributed by atoms with E-state index in [0.717, 1.165) is 0 Å². The first-order chi connectivity index (χ1) is 5.74. The Morgan fingerprint density at radius 2 is 2.50 bits per heavy atom. The van der Waals surface area contributed by atoms with E-state index >= 15 is 0 Å². The van der Waals surface area contributed by atoms with E-state index in [1.165, 1.54) is 6.08 Å². The van der Waals surface area contributed by atoms with E-state index in [-0.39, 0.29) is 5.78 Å². The van der Waals surface area contributed by atoms with Crippen molar-refractivity contribution in [2.45, 2.75) is 13.1 Å². The SMILES string of the molecule is CC1=CC(=O)C(NCCN)N=N1. The number of hydrogen-bond donors (Lipinski definition) is 2. The van der Waals surface area contributed by atoms with E-state index in [1.807, 2.05) is 0 Å². The van der Waals surface area contributed by atoms with Crippen LogP contribution < -0.4 is 11.1 Å². The smallest absolute Gasteiger partial charge is 0.198 e. The zero-order valence-electron chi connectivity index (χ0n) is 6.95. The second kappa shape index (κ2) is 4.08. The van der Waals surface area contributed by atoms with Crippen molar-refractivity contribution in [3.63, 3.8) is 0 Å². The number of azo groups is 1. The summed E-state index contributed by atoms with van der Waals surface area (Å²) in [5.74, 6) is -0.0593. The minimum Gasteiger partial charge on any atom is -0.329 e. The third-order valence-corrected chi connectivity index (χ3v) is 1.43. The predicted molar refractivity (Wildman–Crippen MR) is 44.5 cm³/mol. The Hall–Kier alpha value is -1.07. The number of hydrogen-bond acceptors (Lipinski definition) is 5. The lowest BCUT2D eigenvalue weighted by molar-refractivity contribution is -0.116. The van der Waals surface area contributed by atoms with E-state index in [4.69, 9.17) is 5.73 Å². The van der Waals surface area contributed by atoms with Gasteiger partial charge in [0.1, 0.15) is 0 Å². The van der Waals surface area contributed by atoms with Crippen molar-refractivity contribution in [1.82, 2.24) is 5.32 Å². The minimum absolute atomic E-state index is 0.0593. The molecule has 12 heavy (non-hydrogen) atoms. The van der Waals surface area contributed by atoms with Crippen LogP contribution in [0.3, 0.4) is 0 Å².